The molecule has 1 aliphatic heterocycles. The molecule has 1 fully saturated rings. The molecule has 0 unspecified atom stereocenters. The third-order valence-corrected chi connectivity index (χ3v) is 5.10. The van der Waals surface area contributed by atoms with Crippen LogP contribution in [0.5, 0.6) is 0 Å². The molecule has 0 radical (unpaired) electrons. The SMILES string of the molecule is CCOC(=O)[C@@H]1N[C@](Cc2ccccc2)(C(=O)OCC)[C@@H](C(=O)OC)[C@@H]1C(=O)OC. The minimum Gasteiger partial charge on any atom is -0.469 e. The van der Waals surface area contributed by atoms with Gasteiger partial charge in [0.2, 0.25) is 0 Å². The highest BCUT2D eigenvalue weighted by Gasteiger charge is 2.66. The van der Waals surface area contributed by atoms with Crippen LogP contribution in [0.1, 0.15) is 19.4 Å². The van der Waals surface area contributed by atoms with Crippen molar-refractivity contribution in [3.05, 3.63) is 35.9 Å². The van der Waals surface area contributed by atoms with Gasteiger partial charge in [-0.1, -0.05) is 30.3 Å². The summed E-state index contributed by atoms with van der Waals surface area (Å²) in [6.07, 6.45) is -0.0180. The molecule has 0 amide bonds. The molecule has 0 spiro atoms. The molecule has 0 aliphatic carbocycles. The van der Waals surface area contributed by atoms with Gasteiger partial charge in [-0.3, -0.25) is 24.5 Å². The van der Waals surface area contributed by atoms with Crippen molar-refractivity contribution in [2.24, 2.45) is 11.8 Å². The van der Waals surface area contributed by atoms with E-state index in [0.29, 0.717) is 5.56 Å². The summed E-state index contributed by atoms with van der Waals surface area (Å²) in [4.78, 5) is 51.4. The lowest BCUT2D eigenvalue weighted by Gasteiger charge is -2.32. The molecule has 1 aromatic carbocycles. The standard InChI is InChI=1S/C21H27NO8/c1-5-29-19(25)16-14(17(23)27-3)15(18(24)28-4)21(22-16,20(26)30-6-2)12-13-10-8-7-9-11-13/h7-11,14-16,22H,5-6,12H2,1-4H3/t14-,15+,16+,21-/m0/s1. The number of methoxy groups -OCH3 is 2. The first-order valence-corrected chi connectivity index (χ1v) is 9.67. The first kappa shape index (κ1) is 23.3. The first-order chi connectivity index (χ1) is 14.4. The summed E-state index contributed by atoms with van der Waals surface area (Å²) < 4.78 is 20.1. The van der Waals surface area contributed by atoms with Crippen LogP contribution in [0.3, 0.4) is 0 Å². The van der Waals surface area contributed by atoms with Crippen molar-refractivity contribution in [3.8, 4) is 0 Å². The second-order valence-corrected chi connectivity index (χ2v) is 6.78. The zero-order chi connectivity index (χ0) is 22.3. The zero-order valence-electron chi connectivity index (χ0n) is 17.5. The summed E-state index contributed by atoms with van der Waals surface area (Å²) in [6, 6.07) is 7.59. The highest BCUT2D eigenvalue weighted by atomic mass is 16.5. The van der Waals surface area contributed by atoms with Gasteiger partial charge in [-0.05, 0) is 19.4 Å². The van der Waals surface area contributed by atoms with Crippen LogP contribution in [0, 0.1) is 11.8 Å². The predicted molar refractivity (Wildman–Crippen MR) is 104 cm³/mol. The van der Waals surface area contributed by atoms with Gasteiger partial charge in [-0.2, -0.15) is 0 Å². The Labute approximate surface area is 175 Å². The quantitative estimate of drug-likeness (QED) is 0.477. The van der Waals surface area contributed by atoms with Crippen LogP contribution in [-0.2, 0) is 44.5 Å². The Morgan fingerprint density at radius 3 is 2.03 bits per heavy atom. The summed E-state index contributed by atoms with van der Waals surface area (Å²) in [5, 5.41) is 2.90. The van der Waals surface area contributed by atoms with Crippen LogP contribution in [0.4, 0.5) is 0 Å². The topological polar surface area (TPSA) is 117 Å². The second kappa shape index (κ2) is 10.2. The van der Waals surface area contributed by atoms with Crippen LogP contribution in [-0.4, -0.2) is 62.9 Å². The van der Waals surface area contributed by atoms with Gasteiger partial charge in [0, 0.05) is 6.42 Å². The number of nitrogens with one attached hydrogen (secondary N) is 1. The molecule has 1 saturated heterocycles. The normalized spacial score (nSPS) is 25.3. The van der Waals surface area contributed by atoms with Crippen molar-refractivity contribution < 1.29 is 38.1 Å². The minimum absolute atomic E-state index is 0.0180. The van der Waals surface area contributed by atoms with Crippen molar-refractivity contribution in [3.63, 3.8) is 0 Å². The number of rotatable bonds is 8. The van der Waals surface area contributed by atoms with Gasteiger partial charge >= 0.3 is 23.9 Å². The molecule has 1 heterocycles. The first-order valence-electron chi connectivity index (χ1n) is 9.67. The Bertz CT molecular complexity index is 780. The Morgan fingerprint density at radius 1 is 0.900 bits per heavy atom. The van der Waals surface area contributed by atoms with Gasteiger partial charge in [-0.15, -0.1) is 0 Å². The van der Waals surface area contributed by atoms with Crippen molar-refractivity contribution in [1.29, 1.82) is 0 Å². The van der Waals surface area contributed by atoms with Crippen molar-refractivity contribution in [1.82, 2.24) is 5.32 Å². The monoisotopic (exact) mass is 421 g/mol. The number of carbonyl (C=O) groups excluding carboxylic acids is 4. The summed E-state index contributed by atoms with van der Waals surface area (Å²) >= 11 is 0. The van der Waals surface area contributed by atoms with E-state index in [4.69, 9.17) is 18.9 Å². The van der Waals surface area contributed by atoms with Gasteiger partial charge in [0.1, 0.15) is 17.5 Å². The third-order valence-electron chi connectivity index (χ3n) is 5.10. The van der Waals surface area contributed by atoms with Crippen LogP contribution in [0.25, 0.3) is 0 Å². The van der Waals surface area contributed by atoms with E-state index in [1.165, 1.54) is 0 Å². The average molecular weight is 421 g/mol. The smallest absolute Gasteiger partial charge is 0.327 e. The molecule has 1 N–H and O–H groups in total. The fourth-order valence-corrected chi connectivity index (χ4v) is 3.87. The van der Waals surface area contributed by atoms with Crippen LogP contribution in [0.15, 0.2) is 30.3 Å². The van der Waals surface area contributed by atoms with Gasteiger partial charge < -0.3 is 18.9 Å². The van der Waals surface area contributed by atoms with Crippen molar-refractivity contribution in [2.75, 3.05) is 27.4 Å². The fourth-order valence-electron chi connectivity index (χ4n) is 3.87. The minimum atomic E-state index is -1.74. The lowest BCUT2D eigenvalue weighted by Crippen LogP contribution is -2.59. The number of esters is 4. The molecule has 30 heavy (non-hydrogen) atoms. The van der Waals surface area contributed by atoms with Gasteiger partial charge in [0.25, 0.3) is 0 Å². The zero-order valence-corrected chi connectivity index (χ0v) is 17.5. The van der Waals surface area contributed by atoms with Gasteiger partial charge in [0.05, 0.1) is 33.4 Å². The Hall–Kier alpha value is -2.94. The van der Waals surface area contributed by atoms with E-state index in [2.05, 4.69) is 5.32 Å². The molecule has 9 nitrogen and oxygen atoms in total. The lowest BCUT2D eigenvalue weighted by atomic mass is 9.75. The molecule has 4 atom stereocenters. The van der Waals surface area contributed by atoms with E-state index in [0.717, 1.165) is 14.2 Å². The highest BCUT2D eigenvalue weighted by molar-refractivity contribution is 5.98. The molecule has 1 aromatic rings. The largest absolute Gasteiger partial charge is 0.469 e. The Kier molecular flexibility index (Phi) is 7.93. The summed E-state index contributed by atoms with van der Waals surface area (Å²) in [6.45, 7) is 3.33. The van der Waals surface area contributed by atoms with Crippen molar-refractivity contribution >= 4 is 23.9 Å². The molecular weight excluding hydrogens is 394 g/mol. The van der Waals surface area contributed by atoms with Crippen LogP contribution < -0.4 is 5.32 Å². The Morgan fingerprint density at radius 2 is 1.50 bits per heavy atom. The summed E-state index contributed by atoms with van der Waals surface area (Å²) in [5.74, 6) is -5.94. The highest BCUT2D eigenvalue weighted by Crippen LogP contribution is 2.41. The predicted octanol–water partition coefficient (Wildman–Crippen LogP) is 0.644. The maximum absolute atomic E-state index is 13.2. The van der Waals surface area contributed by atoms with Crippen LogP contribution in [0.2, 0.25) is 0 Å². The molecule has 1 aliphatic rings. The lowest BCUT2D eigenvalue weighted by molar-refractivity contribution is -0.166. The van der Waals surface area contributed by atoms with E-state index < -0.39 is 47.3 Å². The maximum Gasteiger partial charge on any atom is 0.327 e. The second-order valence-electron chi connectivity index (χ2n) is 6.78. The maximum atomic E-state index is 13.2. The third kappa shape index (κ3) is 4.46. The number of carbonyl (C=O) groups is 4. The molecule has 9 heteroatoms. The van der Waals surface area contributed by atoms with E-state index >= 15 is 0 Å². The summed E-state index contributed by atoms with van der Waals surface area (Å²) in [5.41, 5.74) is -1.04. The number of benzene rings is 1. The van der Waals surface area contributed by atoms with Gasteiger partial charge in [0.15, 0.2) is 0 Å². The molecule has 164 valence electrons. The average Bonchev–Trinajstić information content (AvgIpc) is 3.10. The van der Waals surface area contributed by atoms with E-state index in [1.54, 1.807) is 44.2 Å². The van der Waals surface area contributed by atoms with E-state index in [1.807, 2.05) is 0 Å². The molecule has 0 bridgehead atoms. The molecular formula is C21H27NO8. The fraction of sp³-hybridized carbons (Fsp3) is 0.524. The van der Waals surface area contributed by atoms with Crippen LogP contribution >= 0.6 is 0 Å². The van der Waals surface area contributed by atoms with Crippen molar-refractivity contribution in [2.45, 2.75) is 31.8 Å². The molecule has 0 saturated carbocycles. The number of ether oxygens (including phenoxy) is 4. The van der Waals surface area contributed by atoms with E-state index in [-0.39, 0.29) is 19.6 Å². The summed E-state index contributed by atoms with van der Waals surface area (Å²) in [7, 11) is 2.28. The Balaban J connectivity index is 2.67. The van der Waals surface area contributed by atoms with Gasteiger partial charge in [-0.25, -0.2) is 0 Å². The number of hydrogen-bond acceptors (Lipinski definition) is 9. The van der Waals surface area contributed by atoms with E-state index in [9.17, 15) is 19.2 Å². The number of hydrogen-bond donors (Lipinski definition) is 1. The molecule has 0 aromatic heterocycles. The molecule has 2 rings (SSSR count).